The van der Waals surface area contributed by atoms with E-state index in [4.69, 9.17) is 9.84 Å². The summed E-state index contributed by atoms with van der Waals surface area (Å²) in [5, 5.41) is 13.5. The molecule has 2 saturated heterocycles. The highest BCUT2D eigenvalue weighted by molar-refractivity contribution is 5.09. The summed E-state index contributed by atoms with van der Waals surface area (Å²) in [7, 11) is 0. The van der Waals surface area contributed by atoms with Crippen LogP contribution < -0.4 is 0 Å². The normalized spacial score (nSPS) is 28.1. The molecular weight excluding hydrogens is 302 g/mol. The van der Waals surface area contributed by atoms with Gasteiger partial charge in [-0.05, 0) is 57.7 Å². The lowest BCUT2D eigenvalue weighted by Gasteiger charge is -2.34. The van der Waals surface area contributed by atoms with Crippen molar-refractivity contribution in [1.29, 1.82) is 0 Å². The van der Waals surface area contributed by atoms with Gasteiger partial charge in [-0.15, -0.1) is 0 Å². The van der Waals surface area contributed by atoms with E-state index in [-0.39, 0.29) is 12.2 Å². The van der Waals surface area contributed by atoms with Gasteiger partial charge < -0.3 is 14.7 Å². The number of likely N-dealkylation sites (tertiary alicyclic amines) is 1. The minimum atomic E-state index is 0.161. The number of hydrogen-bond acceptors (Lipinski definition) is 4. The van der Waals surface area contributed by atoms with Crippen LogP contribution in [-0.2, 0) is 11.3 Å². The van der Waals surface area contributed by atoms with E-state index >= 15 is 0 Å². The van der Waals surface area contributed by atoms with Crippen LogP contribution in [0.1, 0.15) is 63.0 Å². The Labute approximate surface area is 145 Å². The highest BCUT2D eigenvalue weighted by Crippen LogP contribution is 2.43. The van der Waals surface area contributed by atoms with Crippen LogP contribution in [0.3, 0.4) is 0 Å². The van der Waals surface area contributed by atoms with Gasteiger partial charge >= 0.3 is 0 Å². The first-order chi connectivity index (χ1) is 11.8. The Morgan fingerprint density at radius 2 is 1.96 bits per heavy atom. The van der Waals surface area contributed by atoms with Gasteiger partial charge in [-0.25, -0.2) is 0 Å². The quantitative estimate of drug-likeness (QED) is 0.900. The Morgan fingerprint density at radius 3 is 2.71 bits per heavy atom. The van der Waals surface area contributed by atoms with Crippen LogP contribution in [0.5, 0.6) is 0 Å². The Kier molecular flexibility index (Phi) is 4.93. The van der Waals surface area contributed by atoms with Crippen molar-refractivity contribution in [3.8, 4) is 0 Å². The molecule has 3 fully saturated rings. The molecule has 1 aromatic rings. The summed E-state index contributed by atoms with van der Waals surface area (Å²) in [6, 6.07) is 2.12. The maximum Gasteiger partial charge on any atom is 0.0710 e. The Morgan fingerprint density at radius 1 is 1.17 bits per heavy atom. The fourth-order valence-corrected chi connectivity index (χ4v) is 5.08. The summed E-state index contributed by atoms with van der Waals surface area (Å²) in [5.41, 5.74) is 1.56. The van der Waals surface area contributed by atoms with Crippen molar-refractivity contribution in [2.24, 2.45) is 0 Å². The van der Waals surface area contributed by atoms with Gasteiger partial charge in [-0.2, -0.15) is 5.10 Å². The van der Waals surface area contributed by atoms with Gasteiger partial charge in [-0.1, -0.05) is 12.8 Å². The van der Waals surface area contributed by atoms with Gasteiger partial charge in [0.15, 0.2) is 0 Å². The molecule has 0 radical (unpaired) electrons. The second-order valence-electron chi connectivity index (χ2n) is 7.95. The number of aromatic nitrogens is 2. The number of piperidine rings is 1. The molecule has 1 spiro atoms. The monoisotopic (exact) mass is 333 g/mol. The molecule has 4 rings (SSSR count). The molecule has 1 saturated carbocycles. The van der Waals surface area contributed by atoms with Crippen LogP contribution in [0.25, 0.3) is 0 Å². The van der Waals surface area contributed by atoms with Gasteiger partial charge in [0.2, 0.25) is 0 Å². The highest BCUT2D eigenvalue weighted by atomic mass is 16.5. The maximum atomic E-state index is 9.17. The predicted molar refractivity (Wildman–Crippen MR) is 93.0 cm³/mol. The molecule has 1 N–H and O–H groups in total. The van der Waals surface area contributed by atoms with Crippen LogP contribution in [0.2, 0.25) is 0 Å². The first-order valence-electron chi connectivity index (χ1n) is 9.81. The number of aliphatic hydroxyl groups excluding tert-OH is 1. The Balaban J connectivity index is 1.27. The van der Waals surface area contributed by atoms with E-state index in [0.717, 1.165) is 19.6 Å². The minimum absolute atomic E-state index is 0.161. The van der Waals surface area contributed by atoms with Crippen LogP contribution in [0.4, 0.5) is 0 Å². The van der Waals surface area contributed by atoms with E-state index in [2.05, 4.69) is 16.1 Å². The van der Waals surface area contributed by atoms with Gasteiger partial charge in [0, 0.05) is 24.4 Å². The first-order valence-corrected chi connectivity index (χ1v) is 9.81. The maximum absolute atomic E-state index is 9.17. The smallest absolute Gasteiger partial charge is 0.0710 e. The molecular formula is C19H31N3O2. The van der Waals surface area contributed by atoms with E-state index in [0.29, 0.717) is 18.6 Å². The molecule has 24 heavy (non-hydrogen) atoms. The van der Waals surface area contributed by atoms with Crippen molar-refractivity contribution in [2.45, 2.75) is 75.5 Å². The van der Waals surface area contributed by atoms with Crippen molar-refractivity contribution in [2.75, 3.05) is 26.2 Å². The Hall–Kier alpha value is -0.910. The second kappa shape index (κ2) is 7.14. The van der Waals surface area contributed by atoms with Crippen molar-refractivity contribution >= 4 is 0 Å². The summed E-state index contributed by atoms with van der Waals surface area (Å²) >= 11 is 0. The van der Waals surface area contributed by atoms with Crippen LogP contribution in [-0.4, -0.2) is 57.7 Å². The van der Waals surface area contributed by atoms with E-state index in [1.807, 2.05) is 10.9 Å². The van der Waals surface area contributed by atoms with E-state index < -0.39 is 0 Å². The third kappa shape index (κ3) is 3.39. The molecule has 3 aliphatic rings. The van der Waals surface area contributed by atoms with Crippen molar-refractivity contribution in [1.82, 2.24) is 14.7 Å². The van der Waals surface area contributed by atoms with Gasteiger partial charge in [0.25, 0.3) is 0 Å². The average Bonchev–Trinajstić information content (AvgIpc) is 3.32. The molecule has 1 atom stereocenters. The van der Waals surface area contributed by atoms with Crippen molar-refractivity contribution in [3.05, 3.63) is 18.0 Å². The zero-order valence-electron chi connectivity index (χ0n) is 14.7. The standard InChI is InChI=1S/C19H31N3O2/c23-14-13-22-18(4-10-20-22)16-5-11-21(12-6-16)15-17-3-9-19(24-17)7-1-2-8-19/h4,10,16-17,23H,1-3,5-9,11-15H2. The predicted octanol–water partition coefficient (Wildman–Crippen LogP) is 2.55. The SMILES string of the molecule is OCCn1nccc1C1CCN(CC2CCC3(CCCC3)O2)CC1. The minimum Gasteiger partial charge on any atom is -0.394 e. The van der Waals surface area contributed by atoms with E-state index in [9.17, 15) is 0 Å². The molecule has 0 bridgehead atoms. The van der Waals surface area contributed by atoms with Gasteiger partial charge in [0.1, 0.15) is 0 Å². The van der Waals surface area contributed by atoms with E-state index in [1.165, 1.54) is 57.1 Å². The highest BCUT2D eigenvalue weighted by Gasteiger charge is 2.42. The molecule has 5 nitrogen and oxygen atoms in total. The number of ether oxygens (including phenoxy) is 1. The fraction of sp³-hybridized carbons (Fsp3) is 0.842. The first kappa shape index (κ1) is 16.6. The van der Waals surface area contributed by atoms with Gasteiger partial charge in [0.05, 0.1) is 24.9 Å². The number of aliphatic hydroxyl groups is 1. The third-order valence-corrected chi connectivity index (χ3v) is 6.38. The summed E-state index contributed by atoms with van der Waals surface area (Å²) in [4.78, 5) is 2.60. The molecule has 2 aliphatic heterocycles. The van der Waals surface area contributed by atoms with Crippen LogP contribution >= 0.6 is 0 Å². The average molecular weight is 333 g/mol. The number of hydrogen-bond donors (Lipinski definition) is 1. The zero-order valence-corrected chi connectivity index (χ0v) is 14.7. The summed E-state index contributed by atoms with van der Waals surface area (Å²) < 4.78 is 8.46. The molecule has 0 aromatic carbocycles. The molecule has 1 aromatic heterocycles. The van der Waals surface area contributed by atoms with Crippen molar-refractivity contribution < 1.29 is 9.84 Å². The number of nitrogens with zero attached hydrogens (tertiary/aromatic N) is 3. The largest absolute Gasteiger partial charge is 0.394 e. The van der Waals surface area contributed by atoms with Crippen LogP contribution in [0.15, 0.2) is 12.3 Å². The molecule has 5 heteroatoms. The summed E-state index contributed by atoms with van der Waals surface area (Å²) in [6.07, 6.45) is 12.5. The van der Waals surface area contributed by atoms with Crippen LogP contribution in [0, 0.1) is 0 Å². The summed E-state index contributed by atoms with van der Waals surface area (Å²) in [5.74, 6) is 0.584. The van der Waals surface area contributed by atoms with Gasteiger partial charge in [-0.3, -0.25) is 4.68 Å². The molecule has 1 unspecified atom stereocenters. The lowest BCUT2D eigenvalue weighted by Crippen LogP contribution is -2.39. The topological polar surface area (TPSA) is 50.5 Å². The molecule has 1 aliphatic carbocycles. The molecule has 0 amide bonds. The molecule has 3 heterocycles. The lowest BCUT2D eigenvalue weighted by atomic mass is 9.93. The fourth-order valence-electron chi connectivity index (χ4n) is 5.08. The zero-order chi connectivity index (χ0) is 16.4. The lowest BCUT2D eigenvalue weighted by molar-refractivity contribution is -0.0491. The Bertz CT molecular complexity index is 530. The van der Waals surface area contributed by atoms with Crippen molar-refractivity contribution in [3.63, 3.8) is 0 Å². The third-order valence-electron chi connectivity index (χ3n) is 6.38. The number of rotatable bonds is 5. The second-order valence-corrected chi connectivity index (χ2v) is 7.95. The van der Waals surface area contributed by atoms with E-state index in [1.54, 1.807) is 0 Å². The molecule has 134 valence electrons. The summed E-state index contributed by atoms with van der Waals surface area (Å²) in [6.45, 7) is 4.20.